The van der Waals surface area contributed by atoms with Crippen LogP contribution in [0.2, 0.25) is 10.0 Å². The molecule has 0 bridgehead atoms. The summed E-state index contributed by atoms with van der Waals surface area (Å²) in [5.74, 6) is 0. The minimum atomic E-state index is -0.197. The molecule has 0 N–H and O–H groups in total. The number of hydrogen-bond donors (Lipinski definition) is 0. The largest absolute Gasteiger partial charge is 0.372 e. The SMILES string of the molecule is CCOC(C)c1nc(Cn2cnc3c(Cl)cc(Cl)cc3c2=O)cs1. The summed E-state index contributed by atoms with van der Waals surface area (Å²) in [4.78, 5) is 21.4. The number of benzene rings is 1. The fourth-order valence-electron chi connectivity index (χ4n) is 2.39. The van der Waals surface area contributed by atoms with Crippen molar-refractivity contribution < 1.29 is 4.74 Å². The van der Waals surface area contributed by atoms with E-state index >= 15 is 0 Å². The Bertz CT molecular complexity index is 939. The van der Waals surface area contributed by atoms with E-state index in [-0.39, 0.29) is 11.7 Å². The van der Waals surface area contributed by atoms with Crippen molar-refractivity contribution in [3.8, 4) is 0 Å². The standard InChI is InChI=1S/C16H15Cl2N3O2S/c1-3-23-9(2)15-20-11(7-24-15)6-21-8-19-14-12(16(21)22)4-10(17)5-13(14)18/h4-5,7-9H,3,6H2,1-2H3. The van der Waals surface area contributed by atoms with Gasteiger partial charge in [-0.15, -0.1) is 11.3 Å². The lowest BCUT2D eigenvalue weighted by Crippen LogP contribution is -2.21. The molecule has 24 heavy (non-hydrogen) atoms. The topological polar surface area (TPSA) is 57.0 Å². The van der Waals surface area contributed by atoms with Crippen LogP contribution in [-0.4, -0.2) is 21.1 Å². The van der Waals surface area contributed by atoms with Gasteiger partial charge in [-0.2, -0.15) is 0 Å². The monoisotopic (exact) mass is 383 g/mol. The number of hydrogen-bond acceptors (Lipinski definition) is 5. The van der Waals surface area contributed by atoms with E-state index in [9.17, 15) is 4.79 Å². The van der Waals surface area contributed by atoms with E-state index in [2.05, 4.69) is 9.97 Å². The lowest BCUT2D eigenvalue weighted by atomic mass is 10.2. The molecule has 2 aromatic heterocycles. The highest BCUT2D eigenvalue weighted by molar-refractivity contribution is 7.09. The molecule has 0 aliphatic rings. The van der Waals surface area contributed by atoms with E-state index in [1.165, 1.54) is 22.2 Å². The number of halogens is 2. The second-order valence-corrected chi connectivity index (χ2v) is 6.97. The van der Waals surface area contributed by atoms with E-state index in [0.29, 0.717) is 34.1 Å². The van der Waals surface area contributed by atoms with Gasteiger partial charge in [0.1, 0.15) is 11.1 Å². The maximum absolute atomic E-state index is 12.6. The van der Waals surface area contributed by atoms with Crippen molar-refractivity contribution in [3.63, 3.8) is 0 Å². The van der Waals surface area contributed by atoms with E-state index in [1.807, 2.05) is 19.2 Å². The Labute approximate surface area is 152 Å². The fraction of sp³-hybridized carbons (Fsp3) is 0.312. The number of fused-ring (bicyclic) bond motifs is 1. The smallest absolute Gasteiger partial charge is 0.261 e. The fourth-order valence-corrected chi connectivity index (χ4v) is 3.74. The number of rotatable bonds is 5. The summed E-state index contributed by atoms with van der Waals surface area (Å²) < 4.78 is 7.04. The Hall–Kier alpha value is -1.47. The lowest BCUT2D eigenvalue weighted by Gasteiger charge is -2.08. The molecule has 1 atom stereocenters. The second kappa shape index (κ2) is 7.19. The molecule has 2 heterocycles. The maximum Gasteiger partial charge on any atom is 0.261 e. The molecule has 5 nitrogen and oxygen atoms in total. The number of aromatic nitrogens is 3. The molecule has 0 radical (unpaired) electrons. The highest BCUT2D eigenvalue weighted by Crippen LogP contribution is 2.24. The average molecular weight is 384 g/mol. The van der Waals surface area contributed by atoms with Crippen molar-refractivity contribution >= 4 is 45.4 Å². The first kappa shape index (κ1) is 17.4. The number of thiazole rings is 1. The van der Waals surface area contributed by atoms with Gasteiger partial charge in [0.25, 0.3) is 5.56 Å². The molecule has 0 spiro atoms. The molecule has 3 rings (SSSR count). The van der Waals surface area contributed by atoms with Gasteiger partial charge in [-0.1, -0.05) is 23.2 Å². The molecular weight excluding hydrogens is 369 g/mol. The van der Waals surface area contributed by atoms with E-state index in [0.717, 1.165) is 10.7 Å². The quantitative estimate of drug-likeness (QED) is 0.658. The summed E-state index contributed by atoms with van der Waals surface area (Å²) in [6, 6.07) is 3.16. The first-order valence-corrected chi connectivity index (χ1v) is 9.03. The second-order valence-electron chi connectivity index (χ2n) is 5.24. The highest BCUT2D eigenvalue weighted by atomic mass is 35.5. The Kier molecular flexibility index (Phi) is 5.20. The summed E-state index contributed by atoms with van der Waals surface area (Å²) >= 11 is 13.6. The molecular formula is C16H15Cl2N3O2S. The van der Waals surface area contributed by atoms with Gasteiger partial charge in [0.15, 0.2) is 0 Å². The highest BCUT2D eigenvalue weighted by Gasteiger charge is 2.13. The molecule has 0 fully saturated rings. The zero-order chi connectivity index (χ0) is 17.3. The van der Waals surface area contributed by atoms with Crippen LogP contribution in [-0.2, 0) is 11.3 Å². The third-order valence-corrected chi connectivity index (χ3v) is 5.07. The summed E-state index contributed by atoms with van der Waals surface area (Å²) in [5.41, 5.74) is 1.04. The van der Waals surface area contributed by atoms with Crippen LogP contribution in [0.25, 0.3) is 10.9 Å². The van der Waals surface area contributed by atoms with Gasteiger partial charge in [-0.05, 0) is 26.0 Å². The van der Waals surface area contributed by atoms with Crippen molar-refractivity contribution in [2.24, 2.45) is 0 Å². The van der Waals surface area contributed by atoms with Crippen molar-refractivity contribution in [1.29, 1.82) is 0 Å². The number of nitrogens with zero attached hydrogens (tertiary/aromatic N) is 3. The summed E-state index contributed by atoms with van der Waals surface area (Å²) in [5, 5.41) is 3.98. The minimum absolute atomic E-state index is 0.0576. The van der Waals surface area contributed by atoms with Crippen LogP contribution in [0.1, 0.15) is 30.7 Å². The van der Waals surface area contributed by atoms with Gasteiger partial charge < -0.3 is 4.74 Å². The van der Waals surface area contributed by atoms with Gasteiger partial charge >= 0.3 is 0 Å². The first-order chi connectivity index (χ1) is 11.5. The molecule has 3 aromatic rings. The van der Waals surface area contributed by atoms with Crippen LogP contribution in [0.15, 0.2) is 28.6 Å². The zero-order valence-corrected chi connectivity index (χ0v) is 15.5. The zero-order valence-electron chi connectivity index (χ0n) is 13.1. The summed E-state index contributed by atoms with van der Waals surface area (Å²) in [7, 11) is 0. The molecule has 1 aromatic carbocycles. The Morgan fingerprint density at radius 2 is 2.17 bits per heavy atom. The summed E-state index contributed by atoms with van der Waals surface area (Å²) in [6.45, 7) is 4.87. The molecule has 0 saturated carbocycles. The Morgan fingerprint density at radius 3 is 2.92 bits per heavy atom. The molecule has 0 aliphatic heterocycles. The van der Waals surface area contributed by atoms with Crippen LogP contribution in [0.5, 0.6) is 0 Å². The van der Waals surface area contributed by atoms with Crippen LogP contribution in [0.3, 0.4) is 0 Å². The number of ether oxygens (including phenoxy) is 1. The van der Waals surface area contributed by atoms with Crippen molar-refractivity contribution in [1.82, 2.24) is 14.5 Å². The predicted molar refractivity (Wildman–Crippen MR) is 97.3 cm³/mol. The van der Waals surface area contributed by atoms with Crippen molar-refractivity contribution in [2.45, 2.75) is 26.5 Å². The van der Waals surface area contributed by atoms with Gasteiger partial charge in [0.05, 0.1) is 34.5 Å². The first-order valence-electron chi connectivity index (χ1n) is 7.39. The van der Waals surface area contributed by atoms with Crippen LogP contribution < -0.4 is 5.56 Å². The molecule has 0 amide bonds. The third-order valence-electron chi connectivity index (χ3n) is 3.51. The molecule has 1 unspecified atom stereocenters. The average Bonchev–Trinajstić information content (AvgIpc) is 2.99. The van der Waals surface area contributed by atoms with Gasteiger partial charge in [0, 0.05) is 17.0 Å². The Balaban J connectivity index is 1.94. The Morgan fingerprint density at radius 1 is 1.38 bits per heavy atom. The summed E-state index contributed by atoms with van der Waals surface area (Å²) in [6.07, 6.45) is 1.42. The molecule has 0 aliphatic carbocycles. The van der Waals surface area contributed by atoms with Gasteiger partial charge in [-0.3, -0.25) is 9.36 Å². The molecule has 8 heteroatoms. The molecule has 126 valence electrons. The molecule has 0 saturated heterocycles. The van der Waals surface area contributed by atoms with E-state index in [4.69, 9.17) is 27.9 Å². The third kappa shape index (κ3) is 3.47. The normalized spacial score (nSPS) is 12.7. The van der Waals surface area contributed by atoms with Gasteiger partial charge in [-0.25, -0.2) is 9.97 Å². The maximum atomic E-state index is 12.6. The minimum Gasteiger partial charge on any atom is -0.372 e. The van der Waals surface area contributed by atoms with Crippen LogP contribution in [0.4, 0.5) is 0 Å². The van der Waals surface area contributed by atoms with Crippen LogP contribution >= 0.6 is 34.5 Å². The van der Waals surface area contributed by atoms with Crippen molar-refractivity contribution in [3.05, 3.63) is 54.9 Å². The van der Waals surface area contributed by atoms with Crippen molar-refractivity contribution in [2.75, 3.05) is 6.61 Å². The van der Waals surface area contributed by atoms with Crippen LogP contribution in [0, 0.1) is 0 Å². The van der Waals surface area contributed by atoms with Gasteiger partial charge in [0.2, 0.25) is 0 Å². The van der Waals surface area contributed by atoms with E-state index in [1.54, 1.807) is 12.1 Å². The lowest BCUT2D eigenvalue weighted by molar-refractivity contribution is 0.0761. The predicted octanol–water partition coefficient (Wildman–Crippen LogP) is 4.31. The van der Waals surface area contributed by atoms with E-state index < -0.39 is 0 Å².